The van der Waals surface area contributed by atoms with Crippen molar-refractivity contribution >= 4 is 11.3 Å². The van der Waals surface area contributed by atoms with Gasteiger partial charge in [0.25, 0.3) is 0 Å². The standard InChI is InChI=1S/C14H24N2OS/c1-11(2)16-4-5-17-14(8-16)7-15-6-13-10-18-9-12(13)3/h9-11,14-15H,4-8H2,1-3H3. The lowest BCUT2D eigenvalue weighted by atomic mass is 10.2. The third-order valence-electron chi connectivity index (χ3n) is 3.55. The van der Waals surface area contributed by atoms with Gasteiger partial charge >= 0.3 is 0 Å². The molecule has 1 aromatic rings. The zero-order valence-electron chi connectivity index (χ0n) is 11.6. The van der Waals surface area contributed by atoms with Crippen LogP contribution in [0.25, 0.3) is 0 Å². The van der Waals surface area contributed by atoms with Gasteiger partial charge < -0.3 is 10.1 Å². The van der Waals surface area contributed by atoms with Crippen molar-refractivity contribution in [1.82, 2.24) is 10.2 Å². The van der Waals surface area contributed by atoms with E-state index < -0.39 is 0 Å². The van der Waals surface area contributed by atoms with E-state index in [2.05, 4.69) is 41.7 Å². The normalized spacial score (nSPS) is 21.7. The molecular formula is C14H24N2OS. The smallest absolute Gasteiger partial charge is 0.0826 e. The molecule has 1 unspecified atom stereocenters. The summed E-state index contributed by atoms with van der Waals surface area (Å²) in [5.41, 5.74) is 2.80. The maximum absolute atomic E-state index is 5.81. The lowest BCUT2D eigenvalue weighted by Gasteiger charge is -2.35. The highest BCUT2D eigenvalue weighted by Crippen LogP contribution is 2.13. The molecule has 3 nitrogen and oxygen atoms in total. The molecule has 2 heterocycles. The summed E-state index contributed by atoms with van der Waals surface area (Å²) in [6.45, 7) is 11.6. The van der Waals surface area contributed by atoms with Crippen LogP contribution in [0.1, 0.15) is 25.0 Å². The first-order chi connectivity index (χ1) is 8.66. The highest BCUT2D eigenvalue weighted by Gasteiger charge is 2.21. The summed E-state index contributed by atoms with van der Waals surface area (Å²) < 4.78 is 5.81. The van der Waals surface area contributed by atoms with E-state index in [1.165, 1.54) is 11.1 Å². The van der Waals surface area contributed by atoms with E-state index in [1.54, 1.807) is 11.3 Å². The van der Waals surface area contributed by atoms with Crippen LogP contribution in [0.4, 0.5) is 0 Å². The second-order valence-corrected chi connectivity index (χ2v) is 6.04. The number of rotatable bonds is 5. The Hall–Kier alpha value is -0.420. The minimum Gasteiger partial charge on any atom is -0.374 e. The molecule has 0 bridgehead atoms. The molecule has 1 aliphatic rings. The largest absolute Gasteiger partial charge is 0.374 e. The Balaban J connectivity index is 1.72. The van der Waals surface area contributed by atoms with Crippen molar-refractivity contribution in [1.29, 1.82) is 0 Å². The number of thiophene rings is 1. The molecule has 1 fully saturated rings. The predicted molar refractivity (Wildman–Crippen MR) is 77.2 cm³/mol. The molecular weight excluding hydrogens is 244 g/mol. The Morgan fingerprint density at radius 2 is 2.33 bits per heavy atom. The summed E-state index contributed by atoms with van der Waals surface area (Å²) in [6, 6.07) is 0.621. The Morgan fingerprint density at radius 3 is 3.00 bits per heavy atom. The van der Waals surface area contributed by atoms with Crippen LogP contribution in [-0.2, 0) is 11.3 Å². The molecule has 1 aromatic heterocycles. The zero-order chi connectivity index (χ0) is 13.0. The van der Waals surface area contributed by atoms with E-state index in [-0.39, 0.29) is 0 Å². The lowest BCUT2D eigenvalue weighted by Crippen LogP contribution is -2.48. The van der Waals surface area contributed by atoms with Gasteiger partial charge in [-0.15, -0.1) is 0 Å². The molecule has 0 spiro atoms. The zero-order valence-corrected chi connectivity index (χ0v) is 12.4. The quantitative estimate of drug-likeness (QED) is 0.886. The van der Waals surface area contributed by atoms with Crippen LogP contribution in [0.5, 0.6) is 0 Å². The minimum atomic E-state index is 0.333. The van der Waals surface area contributed by atoms with Crippen LogP contribution in [0.3, 0.4) is 0 Å². The van der Waals surface area contributed by atoms with E-state index >= 15 is 0 Å². The highest BCUT2D eigenvalue weighted by molar-refractivity contribution is 7.08. The van der Waals surface area contributed by atoms with Crippen molar-refractivity contribution in [3.05, 3.63) is 21.9 Å². The second-order valence-electron chi connectivity index (χ2n) is 5.29. The Labute approximate surface area is 114 Å². The molecule has 2 rings (SSSR count). The van der Waals surface area contributed by atoms with Gasteiger partial charge in [-0.25, -0.2) is 0 Å². The fourth-order valence-electron chi connectivity index (χ4n) is 2.27. The Kier molecular flexibility index (Phi) is 5.18. The molecule has 0 aromatic carbocycles. The first-order valence-electron chi connectivity index (χ1n) is 6.75. The average Bonchev–Trinajstić information content (AvgIpc) is 2.76. The van der Waals surface area contributed by atoms with Crippen molar-refractivity contribution in [2.24, 2.45) is 0 Å². The van der Waals surface area contributed by atoms with Gasteiger partial charge in [0, 0.05) is 32.2 Å². The summed E-state index contributed by atoms with van der Waals surface area (Å²) in [5.74, 6) is 0. The predicted octanol–water partition coefficient (Wildman–Crippen LogP) is 2.26. The number of ether oxygens (including phenoxy) is 1. The number of hydrogen-bond acceptors (Lipinski definition) is 4. The second kappa shape index (κ2) is 6.66. The molecule has 18 heavy (non-hydrogen) atoms. The number of nitrogens with zero attached hydrogens (tertiary/aromatic N) is 1. The van der Waals surface area contributed by atoms with Crippen molar-refractivity contribution in [2.75, 3.05) is 26.2 Å². The van der Waals surface area contributed by atoms with Gasteiger partial charge in [-0.3, -0.25) is 4.90 Å². The Morgan fingerprint density at radius 1 is 1.50 bits per heavy atom. The molecule has 0 radical (unpaired) electrons. The van der Waals surface area contributed by atoms with Gasteiger partial charge in [-0.05, 0) is 42.7 Å². The van der Waals surface area contributed by atoms with E-state index in [0.29, 0.717) is 12.1 Å². The SMILES string of the molecule is Cc1cscc1CNCC1CN(C(C)C)CCO1. The number of nitrogens with one attached hydrogen (secondary N) is 1. The molecule has 4 heteroatoms. The fraction of sp³-hybridized carbons (Fsp3) is 0.714. The van der Waals surface area contributed by atoms with Gasteiger partial charge in [-0.2, -0.15) is 11.3 Å². The fourth-order valence-corrected chi connectivity index (χ4v) is 3.13. The molecule has 1 aliphatic heterocycles. The molecule has 0 aliphatic carbocycles. The van der Waals surface area contributed by atoms with Crippen LogP contribution < -0.4 is 5.32 Å². The minimum absolute atomic E-state index is 0.333. The summed E-state index contributed by atoms with van der Waals surface area (Å²) >= 11 is 1.78. The molecule has 0 saturated carbocycles. The lowest BCUT2D eigenvalue weighted by molar-refractivity contribution is -0.0372. The van der Waals surface area contributed by atoms with Gasteiger partial charge in [0.2, 0.25) is 0 Å². The van der Waals surface area contributed by atoms with E-state index in [9.17, 15) is 0 Å². The van der Waals surface area contributed by atoms with E-state index in [1.807, 2.05) is 0 Å². The van der Waals surface area contributed by atoms with Crippen LogP contribution in [0.15, 0.2) is 10.8 Å². The van der Waals surface area contributed by atoms with Crippen molar-refractivity contribution in [2.45, 2.75) is 39.5 Å². The third-order valence-corrected chi connectivity index (χ3v) is 4.46. The van der Waals surface area contributed by atoms with Crippen LogP contribution >= 0.6 is 11.3 Å². The molecule has 1 N–H and O–H groups in total. The van der Waals surface area contributed by atoms with Crippen LogP contribution in [-0.4, -0.2) is 43.3 Å². The summed E-state index contributed by atoms with van der Waals surface area (Å²) in [5, 5.41) is 7.94. The summed E-state index contributed by atoms with van der Waals surface area (Å²) in [7, 11) is 0. The maximum Gasteiger partial charge on any atom is 0.0826 e. The topological polar surface area (TPSA) is 24.5 Å². The van der Waals surface area contributed by atoms with E-state index in [0.717, 1.165) is 32.8 Å². The summed E-state index contributed by atoms with van der Waals surface area (Å²) in [4.78, 5) is 2.49. The third kappa shape index (κ3) is 3.79. The van der Waals surface area contributed by atoms with Crippen LogP contribution in [0, 0.1) is 6.92 Å². The molecule has 102 valence electrons. The number of hydrogen-bond donors (Lipinski definition) is 1. The Bertz CT molecular complexity index is 364. The average molecular weight is 268 g/mol. The van der Waals surface area contributed by atoms with Gasteiger partial charge in [-0.1, -0.05) is 0 Å². The van der Waals surface area contributed by atoms with Crippen LogP contribution in [0.2, 0.25) is 0 Å². The highest BCUT2D eigenvalue weighted by atomic mass is 32.1. The molecule has 1 saturated heterocycles. The van der Waals surface area contributed by atoms with Gasteiger partial charge in [0.05, 0.1) is 12.7 Å². The molecule has 1 atom stereocenters. The first kappa shape index (κ1) is 14.0. The van der Waals surface area contributed by atoms with E-state index in [4.69, 9.17) is 4.74 Å². The van der Waals surface area contributed by atoms with Crippen molar-refractivity contribution < 1.29 is 4.74 Å². The van der Waals surface area contributed by atoms with Gasteiger partial charge in [0.1, 0.15) is 0 Å². The van der Waals surface area contributed by atoms with Crippen molar-refractivity contribution in [3.63, 3.8) is 0 Å². The van der Waals surface area contributed by atoms with Crippen molar-refractivity contribution in [3.8, 4) is 0 Å². The first-order valence-corrected chi connectivity index (χ1v) is 7.69. The number of aryl methyl sites for hydroxylation is 1. The summed E-state index contributed by atoms with van der Waals surface area (Å²) in [6.07, 6.45) is 0.333. The maximum atomic E-state index is 5.81. The molecule has 0 amide bonds. The number of morpholine rings is 1. The van der Waals surface area contributed by atoms with Gasteiger partial charge in [0.15, 0.2) is 0 Å². The monoisotopic (exact) mass is 268 g/mol.